The number of Topliss-reactive ketones (excluding diaryl/α,β-unsaturated/α-hetero) is 1. The number of ketones is 1. The fourth-order valence-corrected chi connectivity index (χ4v) is 2.99. The summed E-state index contributed by atoms with van der Waals surface area (Å²) in [6.07, 6.45) is 0.497. The minimum Gasteiger partial charge on any atom is -0.496 e. The van der Waals surface area contributed by atoms with Crippen molar-refractivity contribution < 1.29 is 9.53 Å². The molecule has 4 N–H and O–H groups in total. The second kappa shape index (κ2) is 7.88. The molecule has 2 atom stereocenters. The number of ether oxygens (including phenoxy) is 1. The molecule has 142 valence electrons. The standard InChI is InChI=1S/C21H36N2O2/c1-13(18(24)17(23)9-10-22)15-11-14(20(2,3)4)12-16(19(15)25-8)21(5,6)7/h11-13,17H,9-10,22-23H2,1-8H3. The molecule has 25 heavy (non-hydrogen) atoms. The monoisotopic (exact) mass is 348 g/mol. The number of benzene rings is 1. The van der Waals surface area contributed by atoms with Crippen LogP contribution in [-0.2, 0) is 15.6 Å². The molecule has 4 nitrogen and oxygen atoms in total. The first-order valence-electron chi connectivity index (χ1n) is 9.06. The normalized spacial score (nSPS) is 15.0. The highest BCUT2D eigenvalue weighted by molar-refractivity contribution is 5.90. The van der Waals surface area contributed by atoms with E-state index in [4.69, 9.17) is 16.2 Å². The molecule has 1 aromatic carbocycles. The van der Waals surface area contributed by atoms with Crippen LogP contribution in [0, 0.1) is 0 Å². The van der Waals surface area contributed by atoms with Crippen LogP contribution < -0.4 is 16.2 Å². The van der Waals surface area contributed by atoms with Crippen molar-refractivity contribution in [2.45, 2.75) is 77.7 Å². The van der Waals surface area contributed by atoms with Gasteiger partial charge in [0.15, 0.2) is 5.78 Å². The van der Waals surface area contributed by atoms with E-state index >= 15 is 0 Å². The number of rotatable bonds is 6. The van der Waals surface area contributed by atoms with Crippen LogP contribution in [-0.4, -0.2) is 25.5 Å². The van der Waals surface area contributed by atoms with E-state index in [2.05, 4.69) is 53.7 Å². The maximum Gasteiger partial charge on any atom is 0.156 e. The highest BCUT2D eigenvalue weighted by Crippen LogP contribution is 2.41. The molecule has 0 aliphatic rings. The predicted octanol–water partition coefficient (Wildman–Crippen LogP) is 3.64. The van der Waals surface area contributed by atoms with Crippen molar-refractivity contribution in [2.24, 2.45) is 11.5 Å². The molecule has 0 saturated heterocycles. The molecule has 0 aromatic heterocycles. The lowest BCUT2D eigenvalue weighted by Crippen LogP contribution is -2.36. The Morgan fingerprint density at radius 2 is 1.68 bits per heavy atom. The number of hydrogen-bond donors (Lipinski definition) is 2. The average molecular weight is 349 g/mol. The van der Waals surface area contributed by atoms with Crippen molar-refractivity contribution >= 4 is 5.78 Å². The third-order valence-corrected chi connectivity index (χ3v) is 4.73. The molecule has 0 spiro atoms. The molecule has 2 unspecified atom stereocenters. The van der Waals surface area contributed by atoms with E-state index in [0.29, 0.717) is 13.0 Å². The third kappa shape index (κ3) is 5.05. The van der Waals surface area contributed by atoms with Crippen LogP contribution in [0.2, 0.25) is 0 Å². The molecule has 0 aliphatic heterocycles. The Labute approximate surface area is 153 Å². The SMILES string of the molecule is COc1c(C(C)C(=O)C(N)CCN)cc(C(C)(C)C)cc1C(C)(C)C. The molecule has 1 rings (SSSR count). The Morgan fingerprint density at radius 1 is 1.12 bits per heavy atom. The Morgan fingerprint density at radius 3 is 2.08 bits per heavy atom. The largest absolute Gasteiger partial charge is 0.496 e. The van der Waals surface area contributed by atoms with Crippen molar-refractivity contribution in [3.05, 3.63) is 28.8 Å². The van der Waals surface area contributed by atoms with Crippen LogP contribution in [0.25, 0.3) is 0 Å². The first kappa shape index (κ1) is 21.7. The van der Waals surface area contributed by atoms with Gasteiger partial charge in [0.1, 0.15) is 5.75 Å². The first-order valence-corrected chi connectivity index (χ1v) is 9.06. The number of carbonyl (C=O) groups excluding carboxylic acids is 1. The number of carbonyl (C=O) groups is 1. The van der Waals surface area contributed by atoms with E-state index in [0.717, 1.165) is 16.9 Å². The first-order chi connectivity index (χ1) is 11.3. The summed E-state index contributed by atoms with van der Waals surface area (Å²) >= 11 is 0. The van der Waals surface area contributed by atoms with E-state index in [-0.39, 0.29) is 22.5 Å². The van der Waals surface area contributed by atoms with Crippen LogP contribution in [0.15, 0.2) is 12.1 Å². The van der Waals surface area contributed by atoms with Crippen LogP contribution in [0.3, 0.4) is 0 Å². The van der Waals surface area contributed by atoms with Gasteiger partial charge >= 0.3 is 0 Å². The van der Waals surface area contributed by atoms with Gasteiger partial charge in [-0.15, -0.1) is 0 Å². The molecule has 0 saturated carbocycles. The highest BCUT2D eigenvalue weighted by Gasteiger charge is 2.30. The summed E-state index contributed by atoms with van der Waals surface area (Å²) in [5, 5.41) is 0. The predicted molar refractivity (Wildman–Crippen MR) is 105 cm³/mol. The van der Waals surface area contributed by atoms with Crippen molar-refractivity contribution in [2.75, 3.05) is 13.7 Å². The van der Waals surface area contributed by atoms with Crippen molar-refractivity contribution in [1.82, 2.24) is 0 Å². The Kier molecular flexibility index (Phi) is 6.82. The maximum atomic E-state index is 12.8. The van der Waals surface area contributed by atoms with E-state index < -0.39 is 6.04 Å². The van der Waals surface area contributed by atoms with E-state index in [1.165, 1.54) is 5.56 Å². The van der Waals surface area contributed by atoms with Crippen LogP contribution in [0.5, 0.6) is 5.75 Å². The molecule has 0 amide bonds. The summed E-state index contributed by atoms with van der Waals surface area (Å²) in [5.41, 5.74) is 14.7. The molecule has 0 bridgehead atoms. The molecular weight excluding hydrogens is 312 g/mol. The minimum atomic E-state index is -0.541. The van der Waals surface area contributed by atoms with Crippen molar-refractivity contribution in [1.29, 1.82) is 0 Å². The Balaban J connectivity index is 3.59. The quantitative estimate of drug-likeness (QED) is 0.823. The lowest BCUT2D eigenvalue weighted by molar-refractivity contribution is -0.121. The van der Waals surface area contributed by atoms with Crippen LogP contribution in [0.1, 0.15) is 77.5 Å². The lowest BCUT2D eigenvalue weighted by Gasteiger charge is -2.30. The smallest absolute Gasteiger partial charge is 0.156 e. The summed E-state index contributed by atoms with van der Waals surface area (Å²) in [7, 11) is 1.67. The van der Waals surface area contributed by atoms with E-state index in [1.807, 2.05) is 6.92 Å². The molecule has 0 heterocycles. The lowest BCUT2D eigenvalue weighted by atomic mass is 9.76. The molecular formula is C21H36N2O2. The van der Waals surface area contributed by atoms with Gasteiger partial charge in [0, 0.05) is 17.0 Å². The minimum absolute atomic E-state index is 0.00895. The fraction of sp³-hybridized carbons (Fsp3) is 0.667. The number of methoxy groups -OCH3 is 1. The third-order valence-electron chi connectivity index (χ3n) is 4.73. The topological polar surface area (TPSA) is 78.3 Å². The summed E-state index contributed by atoms with van der Waals surface area (Å²) in [6.45, 7) is 15.3. The summed E-state index contributed by atoms with van der Waals surface area (Å²) in [6, 6.07) is 3.77. The van der Waals surface area contributed by atoms with Crippen molar-refractivity contribution in [3.63, 3.8) is 0 Å². The molecule has 0 radical (unpaired) electrons. The summed E-state index contributed by atoms with van der Waals surface area (Å²) in [5.74, 6) is 0.468. The second-order valence-electron chi connectivity index (χ2n) is 8.95. The van der Waals surface area contributed by atoms with E-state index in [9.17, 15) is 4.79 Å². The molecule has 4 heteroatoms. The molecule has 0 aliphatic carbocycles. The zero-order valence-electron chi connectivity index (χ0n) is 17.2. The van der Waals surface area contributed by atoms with Gasteiger partial charge in [-0.05, 0) is 29.4 Å². The van der Waals surface area contributed by atoms with Gasteiger partial charge in [0.2, 0.25) is 0 Å². The van der Waals surface area contributed by atoms with Gasteiger partial charge in [0.25, 0.3) is 0 Å². The van der Waals surface area contributed by atoms with Gasteiger partial charge in [-0.25, -0.2) is 0 Å². The van der Waals surface area contributed by atoms with E-state index in [1.54, 1.807) is 7.11 Å². The number of nitrogens with two attached hydrogens (primary N) is 2. The van der Waals surface area contributed by atoms with Gasteiger partial charge < -0.3 is 16.2 Å². The Hall–Kier alpha value is -1.39. The molecule has 0 fully saturated rings. The Bertz CT molecular complexity index is 610. The zero-order valence-corrected chi connectivity index (χ0v) is 17.2. The summed E-state index contributed by atoms with van der Waals surface area (Å²) < 4.78 is 5.76. The number of hydrogen-bond acceptors (Lipinski definition) is 4. The molecule has 1 aromatic rings. The van der Waals surface area contributed by atoms with Gasteiger partial charge in [-0.2, -0.15) is 0 Å². The second-order valence-corrected chi connectivity index (χ2v) is 8.95. The maximum absolute atomic E-state index is 12.8. The average Bonchev–Trinajstić information content (AvgIpc) is 2.50. The summed E-state index contributed by atoms with van der Waals surface area (Å²) in [4.78, 5) is 12.8. The zero-order chi connectivity index (χ0) is 19.6. The van der Waals surface area contributed by atoms with Crippen LogP contribution >= 0.6 is 0 Å². The van der Waals surface area contributed by atoms with Gasteiger partial charge in [0.05, 0.1) is 13.2 Å². The van der Waals surface area contributed by atoms with Gasteiger partial charge in [-0.3, -0.25) is 4.79 Å². The van der Waals surface area contributed by atoms with Crippen LogP contribution in [0.4, 0.5) is 0 Å². The highest BCUT2D eigenvalue weighted by atomic mass is 16.5. The van der Waals surface area contributed by atoms with Gasteiger partial charge in [-0.1, -0.05) is 60.6 Å². The van der Waals surface area contributed by atoms with Crippen molar-refractivity contribution in [3.8, 4) is 5.75 Å². The fourth-order valence-electron chi connectivity index (χ4n) is 2.99.